The standard InChI is InChI=1S/C12H14O4/c1-12(2,3)11(13)16-9-6-4-5-8-10(9)15-7-14-8/h4-6H,7H2,1-3H3. The molecule has 0 unspecified atom stereocenters. The Balaban J connectivity index is 2.23. The highest BCUT2D eigenvalue weighted by atomic mass is 16.7. The topological polar surface area (TPSA) is 44.8 Å². The third-order valence-electron chi connectivity index (χ3n) is 2.18. The smallest absolute Gasteiger partial charge is 0.316 e. The molecule has 2 rings (SSSR count). The minimum Gasteiger partial charge on any atom is -0.453 e. The van der Waals surface area contributed by atoms with Crippen LogP contribution in [-0.2, 0) is 4.79 Å². The first kappa shape index (κ1) is 10.8. The van der Waals surface area contributed by atoms with E-state index in [1.807, 2.05) is 0 Å². The highest BCUT2D eigenvalue weighted by Crippen LogP contribution is 2.41. The summed E-state index contributed by atoms with van der Waals surface area (Å²) in [5.74, 6) is 1.23. The first-order chi connectivity index (χ1) is 7.48. The molecule has 16 heavy (non-hydrogen) atoms. The maximum absolute atomic E-state index is 11.7. The summed E-state index contributed by atoms with van der Waals surface area (Å²) >= 11 is 0. The zero-order chi connectivity index (χ0) is 11.8. The zero-order valence-electron chi connectivity index (χ0n) is 9.57. The molecule has 0 spiro atoms. The van der Waals surface area contributed by atoms with Gasteiger partial charge in [-0.3, -0.25) is 4.79 Å². The van der Waals surface area contributed by atoms with E-state index < -0.39 is 5.41 Å². The van der Waals surface area contributed by atoms with Crippen LogP contribution < -0.4 is 14.2 Å². The molecule has 0 fully saturated rings. The number of hydrogen-bond acceptors (Lipinski definition) is 4. The molecule has 0 saturated heterocycles. The van der Waals surface area contributed by atoms with Crippen molar-refractivity contribution in [3.8, 4) is 17.2 Å². The fourth-order valence-corrected chi connectivity index (χ4v) is 1.24. The molecule has 0 bridgehead atoms. The second-order valence-electron chi connectivity index (χ2n) is 4.63. The van der Waals surface area contributed by atoms with Crippen molar-refractivity contribution in [1.82, 2.24) is 0 Å². The molecule has 1 aliphatic heterocycles. The van der Waals surface area contributed by atoms with Crippen LogP contribution in [-0.4, -0.2) is 12.8 Å². The van der Waals surface area contributed by atoms with Gasteiger partial charge in [-0.15, -0.1) is 0 Å². The number of benzene rings is 1. The van der Waals surface area contributed by atoms with Gasteiger partial charge in [-0.05, 0) is 32.9 Å². The molecular weight excluding hydrogens is 208 g/mol. The highest BCUT2D eigenvalue weighted by Gasteiger charge is 2.27. The third kappa shape index (κ3) is 1.96. The lowest BCUT2D eigenvalue weighted by Crippen LogP contribution is -2.25. The minimum atomic E-state index is -0.539. The zero-order valence-corrected chi connectivity index (χ0v) is 9.57. The van der Waals surface area contributed by atoms with E-state index >= 15 is 0 Å². The summed E-state index contributed by atoms with van der Waals surface area (Å²) in [5, 5.41) is 0. The summed E-state index contributed by atoms with van der Waals surface area (Å²) in [7, 11) is 0. The highest BCUT2D eigenvalue weighted by molar-refractivity contribution is 5.79. The van der Waals surface area contributed by atoms with Crippen molar-refractivity contribution in [2.24, 2.45) is 5.41 Å². The van der Waals surface area contributed by atoms with Crippen LogP contribution in [0.25, 0.3) is 0 Å². The fourth-order valence-electron chi connectivity index (χ4n) is 1.24. The van der Waals surface area contributed by atoms with Crippen LogP contribution in [0.5, 0.6) is 17.2 Å². The van der Waals surface area contributed by atoms with E-state index in [1.54, 1.807) is 39.0 Å². The van der Waals surface area contributed by atoms with Gasteiger partial charge in [0.05, 0.1) is 5.41 Å². The second-order valence-corrected chi connectivity index (χ2v) is 4.63. The lowest BCUT2D eigenvalue weighted by molar-refractivity contribution is -0.143. The van der Waals surface area contributed by atoms with E-state index in [0.717, 1.165) is 0 Å². The Labute approximate surface area is 94.1 Å². The lowest BCUT2D eigenvalue weighted by atomic mass is 9.97. The molecule has 0 aliphatic carbocycles. The summed E-state index contributed by atoms with van der Waals surface area (Å²) in [6.07, 6.45) is 0. The van der Waals surface area contributed by atoms with Crippen molar-refractivity contribution >= 4 is 5.97 Å². The average Bonchev–Trinajstić information content (AvgIpc) is 2.65. The van der Waals surface area contributed by atoms with E-state index in [-0.39, 0.29) is 12.8 Å². The molecule has 0 atom stereocenters. The van der Waals surface area contributed by atoms with Crippen LogP contribution >= 0.6 is 0 Å². The quantitative estimate of drug-likeness (QED) is 0.540. The summed E-state index contributed by atoms with van der Waals surface area (Å²) in [5.41, 5.74) is -0.539. The number of carbonyl (C=O) groups excluding carboxylic acids is 1. The van der Waals surface area contributed by atoms with E-state index in [0.29, 0.717) is 17.2 Å². The lowest BCUT2D eigenvalue weighted by Gasteiger charge is -2.16. The van der Waals surface area contributed by atoms with Crippen LogP contribution in [0.3, 0.4) is 0 Å². The summed E-state index contributed by atoms with van der Waals surface area (Å²) < 4.78 is 15.7. The summed E-state index contributed by atoms with van der Waals surface area (Å²) in [6, 6.07) is 5.23. The molecule has 0 amide bonds. The van der Waals surface area contributed by atoms with E-state index in [4.69, 9.17) is 14.2 Å². The minimum absolute atomic E-state index is 0.166. The normalized spacial score (nSPS) is 13.7. The number of hydrogen-bond donors (Lipinski definition) is 0. The predicted octanol–water partition coefficient (Wildman–Crippen LogP) is 2.37. The molecule has 1 aromatic rings. The SMILES string of the molecule is CC(C)(C)C(=O)Oc1cccc2c1OCO2. The van der Waals surface area contributed by atoms with E-state index in [1.165, 1.54) is 0 Å². The number of fused-ring (bicyclic) bond motifs is 1. The van der Waals surface area contributed by atoms with Gasteiger partial charge >= 0.3 is 5.97 Å². The molecule has 4 heteroatoms. The van der Waals surface area contributed by atoms with E-state index in [9.17, 15) is 4.79 Å². The van der Waals surface area contributed by atoms with Crippen molar-refractivity contribution in [2.45, 2.75) is 20.8 Å². The maximum atomic E-state index is 11.7. The number of para-hydroxylation sites is 1. The van der Waals surface area contributed by atoms with Crippen LogP contribution in [0.1, 0.15) is 20.8 Å². The Kier molecular flexibility index (Phi) is 2.50. The molecule has 0 saturated carbocycles. The van der Waals surface area contributed by atoms with Crippen molar-refractivity contribution in [1.29, 1.82) is 0 Å². The first-order valence-corrected chi connectivity index (χ1v) is 5.09. The number of rotatable bonds is 1. The Morgan fingerprint density at radius 1 is 1.31 bits per heavy atom. The van der Waals surface area contributed by atoms with Crippen LogP contribution in [0.15, 0.2) is 18.2 Å². The van der Waals surface area contributed by atoms with Gasteiger partial charge in [0.15, 0.2) is 11.5 Å². The fraction of sp³-hybridized carbons (Fsp3) is 0.417. The first-order valence-electron chi connectivity index (χ1n) is 5.09. The predicted molar refractivity (Wildman–Crippen MR) is 57.7 cm³/mol. The number of carbonyl (C=O) groups is 1. The molecule has 1 aromatic carbocycles. The summed E-state index contributed by atoms with van der Waals surface area (Å²) in [4.78, 5) is 11.7. The average molecular weight is 222 g/mol. The largest absolute Gasteiger partial charge is 0.453 e. The summed E-state index contributed by atoms with van der Waals surface area (Å²) in [6.45, 7) is 5.57. The maximum Gasteiger partial charge on any atom is 0.316 e. The van der Waals surface area contributed by atoms with Gasteiger partial charge in [0.2, 0.25) is 12.5 Å². The van der Waals surface area contributed by atoms with Crippen LogP contribution in [0, 0.1) is 5.41 Å². The van der Waals surface area contributed by atoms with Crippen LogP contribution in [0.4, 0.5) is 0 Å². The van der Waals surface area contributed by atoms with Gasteiger partial charge in [-0.25, -0.2) is 0 Å². The molecule has 0 aromatic heterocycles. The van der Waals surface area contributed by atoms with Gasteiger partial charge in [0.25, 0.3) is 0 Å². The van der Waals surface area contributed by atoms with Crippen molar-refractivity contribution in [3.63, 3.8) is 0 Å². The van der Waals surface area contributed by atoms with Gasteiger partial charge in [0.1, 0.15) is 0 Å². The molecule has 0 radical (unpaired) electrons. The van der Waals surface area contributed by atoms with Crippen molar-refractivity contribution < 1.29 is 19.0 Å². The molecule has 1 aliphatic rings. The Morgan fingerprint density at radius 2 is 2.06 bits per heavy atom. The molecule has 4 nitrogen and oxygen atoms in total. The van der Waals surface area contributed by atoms with Crippen molar-refractivity contribution in [3.05, 3.63) is 18.2 Å². The molecular formula is C12H14O4. The van der Waals surface area contributed by atoms with Crippen molar-refractivity contribution in [2.75, 3.05) is 6.79 Å². The number of esters is 1. The number of ether oxygens (including phenoxy) is 3. The molecule has 1 heterocycles. The Hall–Kier alpha value is -1.71. The Morgan fingerprint density at radius 3 is 2.75 bits per heavy atom. The monoisotopic (exact) mass is 222 g/mol. The third-order valence-corrected chi connectivity index (χ3v) is 2.18. The van der Waals surface area contributed by atoms with Gasteiger partial charge in [-0.1, -0.05) is 6.07 Å². The van der Waals surface area contributed by atoms with Crippen LogP contribution in [0.2, 0.25) is 0 Å². The second kappa shape index (κ2) is 3.70. The van der Waals surface area contributed by atoms with Gasteiger partial charge in [-0.2, -0.15) is 0 Å². The van der Waals surface area contributed by atoms with E-state index in [2.05, 4.69) is 0 Å². The van der Waals surface area contributed by atoms with Gasteiger partial charge < -0.3 is 14.2 Å². The van der Waals surface area contributed by atoms with Gasteiger partial charge in [0, 0.05) is 0 Å². The molecule has 86 valence electrons. The molecule has 0 N–H and O–H groups in total. The Bertz CT molecular complexity index is 418.